The lowest BCUT2D eigenvalue weighted by molar-refractivity contribution is 0.170. The summed E-state index contributed by atoms with van der Waals surface area (Å²) in [5.41, 5.74) is 7.95. The van der Waals surface area contributed by atoms with Gasteiger partial charge in [0.2, 0.25) is 0 Å². The van der Waals surface area contributed by atoms with Crippen molar-refractivity contribution in [2.24, 2.45) is 5.73 Å². The second kappa shape index (κ2) is 5.47. The molecule has 106 valence electrons. The van der Waals surface area contributed by atoms with Crippen LogP contribution >= 0.6 is 0 Å². The van der Waals surface area contributed by atoms with Gasteiger partial charge in [-0.15, -0.1) is 0 Å². The predicted octanol–water partition coefficient (Wildman–Crippen LogP) is 2.37. The van der Waals surface area contributed by atoms with Gasteiger partial charge in [-0.05, 0) is 51.6 Å². The van der Waals surface area contributed by atoms with E-state index in [4.69, 9.17) is 5.73 Å². The minimum Gasteiger partial charge on any atom is -0.368 e. The maximum Gasteiger partial charge on any atom is 0.123 e. The Morgan fingerprint density at radius 1 is 1.26 bits per heavy atom. The smallest absolute Gasteiger partial charge is 0.123 e. The van der Waals surface area contributed by atoms with Gasteiger partial charge in [0.05, 0.1) is 0 Å². The molecule has 0 aromatic heterocycles. The average Bonchev–Trinajstić information content (AvgIpc) is 2.35. The van der Waals surface area contributed by atoms with Crippen LogP contribution in [0.3, 0.4) is 0 Å². The largest absolute Gasteiger partial charge is 0.368 e. The molecule has 1 aliphatic rings. The zero-order valence-electron chi connectivity index (χ0n) is 12.2. The van der Waals surface area contributed by atoms with E-state index in [1.165, 1.54) is 6.07 Å². The highest BCUT2D eigenvalue weighted by molar-refractivity contribution is 5.55. The molecule has 1 saturated heterocycles. The quantitative estimate of drug-likeness (QED) is 0.891. The molecule has 1 fully saturated rings. The third-order valence-corrected chi connectivity index (χ3v) is 4.18. The Kier molecular flexibility index (Phi) is 4.11. The molecule has 2 rings (SSSR count). The van der Waals surface area contributed by atoms with E-state index < -0.39 is 0 Å². The predicted molar refractivity (Wildman–Crippen MR) is 77.9 cm³/mol. The Bertz CT molecular complexity index is 435. The maximum absolute atomic E-state index is 13.4. The lowest BCUT2D eigenvalue weighted by Gasteiger charge is -2.44. The highest BCUT2D eigenvalue weighted by Crippen LogP contribution is 2.29. The molecule has 1 aliphatic heterocycles. The van der Waals surface area contributed by atoms with Crippen LogP contribution in [0.2, 0.25) is 0 Å². The molecule has 1 heterocycles. The molecule has 3 unspecified atom stereocenters. The van der Waals surface area contributed by atoms with E-state index in [-0.39, 0.29) is 11.9 Å². The van der Waals surface area contributed by atoms with Gasteiger partial charge in [0.25, 0.3) is 0 Å². The number of nitrogens with zero attached hydrogens (tertiary/aromatic N) is 2. The fourth-order valence-electron chi connectivity index (χ4n) is 2.78. The van der Waals surface area contributed by atoms with Gasteiger partial charge in [-0.3, -0.25) is 4.90 Å². The topological polar surface area (TPSA) is 32.5 Å². The first kappa shape index (κ1) is 14.3. The standard InChI is InChI=1S/C15H24FN3/c1-10-8-19(9-11(2)18(10)4)15-6-5-13(16)7-14(15)12(3)17/h5-7,10-12H,8-9,17H2,1-4H3. The van der Waals surface area contributed by atoms with Gasteiger partial charge in [-0.1, -0.05) is 0 Å². The first-order chi connectivity index (χ1) is 8.90. The molecule has 3 atom stereocenters. The van der Waals surface area contributed by atoms with Crippen LogP contribution in [0, 0.1) is 5.82 Å². The minimum absolute atomic E-state index is 0.157. The second-order valence-corrected chi connectivity index (χ2v) is 5.76. The highest BCUT2D eigenvalue weighted by Gasteiger charge is 2.28. The number of likely N-dealkylation sites (N-methyl/N-ethyl adjacent to an activating group) is 1. The number of rotatable bonds is 2. The molecule has 0 saturated carbocycles. The Morgan fingerprint density at radius 2 is 1.84 bits per heavy atom. The minimum atomic E-state index is -0.216. The zero-order valence-corrected chi connectivity index (χ0v) is 12.2. The Balaban J connectivity index is 2.31. The van der Waals surface area contributed by atoms with Crippen molar-refractivity contribution in [3.8, 4) is 0 Å². The molecule has 0 aliphatic carbocycles. The van der Waals surface area contributed by atoms with Gasteiger partial charge in [0, 0.05) is 36.9 Å². The summed E-state index contributed by atoms with van der Waals surface area (Å²) in [5, 5.41) is 0. The molecule has 0 radical (unpaired) electrons. The summed E-state index contributed by atoms with van der Waals surface area (Å²) in [5.74, 6) is -0.216. The van der Waals surface area contributed by atoms with E-state index >= 15 is 0 Å². The number of halogens is 1. The molecular formula is C15H24FN3. The van der Waals surface area contributed by atoms with E-state index in [1.807, 2.05) is 13.0 Å². The van der Waals surface area contributed by atoms with Crippen LogP contribution in [0.15, 0.2) is 18.2 Å². The van der Waals surface area contributed by atoms with Crippen molar-refractivity contribution in [1.29, 1.82) is 0 Å². The zero-order chi connectivity index (χ0) is 14.2. The number of hydrogen-bond donors (Lipinski definition) is 1. The summed E-state index contributed by atoms with van der Waals surface area (Å²) >= 11 is 0. The average molecular weight is 265 g/mol. The van der Waals surface area contributed by atoms with Crippen molar-refractivity contribution in [2.45, 2.75) is 38.9 Å². The van der Waals surface area contributed by atoms with Crippen LogP contribution in [0.1, 0.15) is 32.4 Å². The van der Waals surface area contributed by atoms with Crippen molar-refractivity contribution in [3.05, 3.63) is 29.6 Å². The van der Waals surface area contributed by atoms with Gasteiger partial charge < -0.3 is 10.6 Å². The van der Waals surface area contributed by atoms with Gasteiger partial charge in [0.1, 0.15) is 5.82 Å². The van der Waals surface area contributed by atoms with Crippen molar-refractivity contribution < 1.29 is 4.39 Å². The molecule has 1 aromatic carbocycles. The number of piperazine rings is 1. The summed E-state index contributed by atoms with van der Waals surface area (Å²) < 4.78 is 13.4. The van der Waals surface area contributed by atoms with Crippen LogP contribution in [0.25, 0.3) is 0 Å². The fourth-order valence-corrected chi connectivity index (χ4v) is 2.78. The van der Waals surface area contributed by atoms with Crippen molar-refractivity contribution in [3.63, 3.8) is 0 Å². The summed E-state index contributed by atoms with van der Waals surface area (Å²) in [6.07, 6.45) is 0. The van der Waals surface area contributed by atoms with E-state index in [0.29, 0.717) is 12.1 Å². The molecule has 1 aromatic rings. The van der Waals surface area contributed by atoms with E-state index in [9.17, 15) is 4.39 Å². The lowest BCUT2D eigenvalue weighted by Crippen LogP contribution is -2.55. The van der Waals surface area contributed by atoms with Crippen molar-refractivity contribution in [2.75, 3.05) is 25.0 Å². The molecule has 0 amide bonds. The molecular weight excluding hydrogens is 241 g/mol. The lowest BCUT2D eigenvalue weighted by atomic mass is 10.0. The van der Waals surface area contributed by atoms with Crippen LogP contribution in [-0.2, 0) is 0 Å². The Labute approximate surface area is 115 Å². The molecule has 3 nitrogen and oxygen atoms in total. The van der Waals surface area contributed by atoms with Crippen LogP contribution < -0.4 is 10.6 Å². The van der Waals surface area contributed by atoms with Gasteiger partial charge in [0.15, 0.2) is 0 Å². The third kappa shape index (κ3) is 2.90. The van der Waals surface area contributed by atoms with Gasteiger partial charge in [-0.2, -0.15) is 0 Å². The van der Waals surface area contributed by atoms with E-state index in [1.54, 1.807) is 6.07 Å². The van der Waals surface area contributed by atoms with Crippen LogP contribution in [0.5, 0.6) is 0 Å². The molecule has 2 N–H and O–H groups in total. The SMILES string of the molecule is CC(N)c1cc(F)ccc1N1CC(C)N(C)C(C)C1. The normalized spacial score (nSPS) is 26.5. The monoisotopic (exact) mass is 265 g/mol. The Morgan fingerprint density at radius 3 is 2.37 bits per heavy atom. The van der Waals surface area contributed by atoms with Crippen molar-refractivity contribution in [1.82, 2.24) is 4.90 Å². The first-order valence-corrected chi connectivity index (χ1v) is 6.92. The first-order valence-electron chi connectivity index (χ1n) is 6.92. The highest BCUT2D eigenvalue weighted by atomic mass is 19.1. The van der Waals surface area contributed by atoms with Crippen molar-refractivity contribution >= 4 is 5.69 Å². The Hall–Kier alpha value is -1.13. The number of benzene rings is 1. The number of anilines is 1. The van der Waals surface area contributed by atoms with Crippen LogP contribution in [0.4, 0.5) is 10.1 Å². The van der Waals surface area contributed by atoms with Gasteiger partial charge in [-0.25, -0.2) is 4.39 Å². The fraction of sp³-hybridized carbons (Fsp3) is 0.600. The van der Waals surface area contributed by atoms with Crippen LogP contribution in [-0.4, -0.2) is 37.1 Å². The third-order valence-electron chi connectivity index (χ3n) is 4.18. The summed E-state index contributed by atoms with van der Waals surface area (Å²) in [7, 11) is 2.16. The molecule has 4 heteroatoms. The van der Waals surface area contributed by atoms with Gasteiger partial charge >= 0.3 is 0 Å². The molecule has 0 bridgehead atoms. The summed E-state index contributed by atoms with van der Waals surface area (Å²) in [4.78, 5) is 4.71. The number of hydrogen-bond acceptors (Lipinski definition) is 3. The maximum atomic E-state index is 13.4. The van der Waals surface area contributed by atoms with E-state index in [2.05, 4.69) is 30.7 Å². The summed E-state index contributed by atoms with van der Waals surface area (Å²) in [6, 6.07) is 5.75. The summed E-state index contributed by atoms with van der Waals surface area (Å²) in [6.45, 7) is 8.25. The molecule has 0 spiro atoms. The van der Waals surface area contributed by atoms with E-state index in [0.717, 1.165) is 24.3 Å². The molecule has 19 heavy (non-hydrogen) atoms. The second-order valence-electron chi connectivity index (χ2n) is 5.76. The number of nitrogens with two attached hydrogens (primary N) is 1.